The molecule has 2 aromatic carbocycles. The first-order valence-corrected chi connectivity index (χ1v) is 10.4. The molecule has 2 aromatic heterocycles. The second-order valence-electron chi connectivity index (χ2n) is 6.44. The van der Waals surface area contributed by atoms with Crippen LogP contribution in [0.2, 0.25) is 5.02 Å². The van der Waals surface area contributed by atoms with E-state index < -0.39 is 12.0 Å². The predicted molar refractivity (Wildman–Crippen MR) is 123 cm³/mol. The number of halogens is 1. The molecule has 156 valence electrons. The fraction of sp³-hybridized carbons (Fsp3) is 0.0476. The van der Waals surface area contributed by atoms with Crippen LogP contribution in [0.5, 0.6) is 0 Å². The minimum Gasteiger partial charge on any atom is -0.480 e. The monoisotopic (exact) mass is 453 g/mol. The molecule has 4 rings (SSSR count). The van der Waals surface area contributed by atoms with Crippen molar-refractivity contribution in [3.8, 4) is 11.1 Å². The summed E-state index contributed by atoms with van der Waals surface area (Å²) in [6, 6.07) is 13.8. The van der Waals surface area contributed by atoms with Crippen LogP contribution in [0, 0.1) is 0 Å². The highest BCUT2D eigenvalue weighted by molar-refractivity contribution is 7.17. The highest BCUT2D eigenvalue weighted by atomic mass is 35.5. The average Bonchev–Trinajstić information content (AvgIpc) is 3.17. The van der Waals surface area contributed by atoms with E-state index in [1.807, 2.05) is 17.5 Å². The molecule has 8 nitrogen and oxygen atoms in total. The van der Waals surface area contributed by atoms with Gasteiger partial charge in [-0.25, -0.2) is 14.8 Å². The van der Waals surface area contributed by atoms with E-state index >= 15 is 0 Å². The molecule has 0 aliphatic carbocycles. The summed E-state index contributed by atoms with van der Waals surface area (Å²) in [7, 11) is 0. The van der Waals surface area contributed by atoms with Gasteiger partial charge >= 0.3 is 12.0 Å². The molecule has 2 amide bonds. The molecule has 0 spiro atoms. The minimum atomic E-state index is -0.928. The van der Waals surface area contributed by atoms with Crippen LogP contribution in [0.15, 0.2) is 60.1 Å². The maximum absolute atomic E-state index is 12.3. The number of aromatic nitrogens is 2. The number of amides is 2. The molecule has 0 aliphatic rings. The summed E-state index contributed by atoms with van der Waals surface area (Å²) < 4.78 is 0.875. The first kappa shape index (κ1) is 20.6. The minimum absolute atomic E-state index is 0.154. The van der Waals surface area contributed by atoms with E-state index in [2.05, 4.69) is 25.9 Å². The first-order valence-electron chi connectivity index (χ1n) is 9.12. The third kappa shape index (κ3) is 4.90. The number of fused-ring (bicyclic) bond motifs is 1. The van der Waals surface area contributed by atoms with E-state index in [1.165, 1.54) is 11.3 Å². The number of carboxylic acids is 1. The molecular weight excluding hydrogens is 438 g/mol. The van der Waals surface area contributed by atoms with Gasteiger partial charge in [-0.1, -0.05) is 35.9 Å². The maximum Gasteiger partial charge on any atom is 0.326 e. The molecule has 0 fully saturated rings. The molecule has 0 saturated carbocycles. The zero-order valence-electron chi connectivity index (χ0n) is 15.9. The molecule has 0 atom stereocenters. The smallest absolute Gasteiger partial charge is 0.326 e. The van der Waals surface area contributed by atoms with Crippen LogP contribution in [0.1, 0.15) is 0 Å². The van der Waals surface area contributed by atoms with Crippen LogP contribution in [-0.2, 0) is 4.79 Å². The van der Waals surface area contributed by atoms with Gasteiger partial charge in [0.05, 0.1) is 27.1 Å². The fourth-order valence-corrected chi connectivity index (χ4v) is 3.91. The van der Waals surface area contributed by atoms with Crippen molar-refractivity contribution < 1.29 is 14.7 Å². The Morgan fingerprint density at radius 1 is 1.06 bits per heavy atom. The number of hydrogen-bond acceptors (Lipinski definition) is 6. The number of benzene rings is 2. The van der Waals surface area contributed by atoms with Gasteiger partial charge in [-0.15, -0.1) is 11.3 Å². The molecule has 31 heavy (non-hydrogen) atoms. The third-order valence-corrected chi connectivity index (χ3v) is 5.54. The van der Waals surface area contributed by atoms with E-state index in [0.29, 0.717) is 21.9 Å². The number of nitrogens with one attached hydrogen (secondary N) is 3. The van der Waals surface area contributed by atoms with Gasteiger partial charge in [0, 0.05) is 16.6 Å². The van der Waals surface area contributed by atoms with Crippen LogP contribution in [0.3, 0.4) is 0 Å². The number of nitrogens with zero attached hydrogens (tertiary/aromatic N) is 2. The zero-order chi connectivity index (χ0) is 21.8. The number of urea groups is 1. The molecule has 4 aromatic rings. The van der Waals surface area contributed by atoms with Gasteiger partial charge in [0.2, 0.25) is 5.95 Å². The molecule has 2 heterocycles. The Hall–Kier alpha value is -3.69. The molecule has 0 unspecified atom stereocenters. The molecule has 0 radical (unpaired) electrons. The highest BCUT2D eigenvalue weighted by Crippen LogP contribution is 2.33. The van der Waals surface area contributed by atoms with Crippen molar-refractivity contribution in [1.82, 2.24) is 9.97 Å². The summed E-state index contributed by atoms with van der Waals surface area (Å²) in [4.78, 5) is 31.7. The normalized spacial score (nSPS) is 10.6. The van der Waals surface area contributed by atoms with Gasteiger partial charge in [-0.05, 0) is 29.8 Å². The Morgan fingerprint density at radius 3 is 2.58 bits per heavy atom. The second-order valence-corrected chi connectivity index (χ2v) is 7.76. The lowest BCUT2D eigenvalue weighted by Gasteiger charge is -2.08. The molecule has 0 saturated heterocycles. The van der Waals surface area contributed by atoms with Crippen LogP contribution < -0.4 is 16.0 Å². The molecular formula is C21H16ClN5O3S. The number of rotatable bonds is 6. The van der Waals surface area contributed by atoms with Crippen LogP contribution >= 0.6 is 22.9 Å². The summed E-state index contributed by atoms with van der Waals surface area (Å²) >= 11 is 7.56. The van der Waals surface area contributed by atoms with E-state index in [0.717, 1.165) is 15.8 Å². The topological polar surface area (TPSA) is 116 Å². The molecule has 0 bridgehead atoms. The van der Waals surface area contributed by atoms with E-state index in [9.17, 15) is 9.59 Å². The second kappa shape index (κ2) is 8.99. The van der Waals surface area contributed by atoms with E-state index in [1.54, 1.807) is 42.6 Å². The van der Waals surface area contributed by atoms with Crippen LogP contribution in [0.4, 0.5) is 22.1 Å². The van der Waals surface area contributed by atoms with Crippen LogP contribution in [-0.4, -0.2) is 33.6 Å². The number of carbonyl (C=O) groups excluding carboxylic acids is 1. The van der Waals surface area contributed by atoms with Crippen LogP contribution in [0.25, 0.3) is 21.3 Å². The predicted octanol–water partition coefficient (Wildman–Crippen LogP) is 5.15. The maximum atomic E-state index is 12.3. The first-order chi connectivity index (χ1) is 15.0. The van der Waals surface area contributed by atoms with Crippen molar-refractivity contribution in [2.75, 3.05) is 22.5 Å². The molecule has 0 aliphatic heterocycles. The number of para-hydroxylation sites is 1. The van der Waals surface area contributed by atoms with E-state index in [-0.39, 0.29) is 12.5 Å². The summed E-state index contributed by atoms with van der Waals surface area (Å²) in [5.41, 5.74) is 3.70. The number of carboxylic acid groups (broad SMARTS) is 1. The highest BCUT2D eigenvalue weighted by Gasteiger charge is 2.12. The number of anilines is 3. The summed E-state index contributed by atoms with van der Waals surface area (Å²) in [5.74, 6) is -0.764. The Balaban J connectivity index is 1.53. The molecule has 4 N–H and O–H groups in total. The number of thiophene rings is 1. The van der Waals surface area contributed by atoms with Crippen molar-refractivity contribution >= 4 is 62.5 Å². The lowest BCUT2D eigenvalue weighted by Crippen LogP contribution is -2.21. The Labute approximate surface area is 185 Å². The van der Waals surface area contributed by atoms with Gasteiger partial charge in [0.25, 0.3) is 0 Å². The third-order valence-electron chi connectivity index (χ3n) is 4.30. The number of carbonyl (C=O) groups is 2. The number of hydrogen-bond donors (Lipinski definition) is 4. The van der Waals surface area contributed by atoms with Crippen molar-refractivity contribution in [2.45, 2.75) is 0 Å². The van der Waals surface area contributed by atoms with Gasteiger partial charge < -0.3 is 15.7 Å². The fourth-order valence-electron chi connectivity index (χ4n) is 2.86. The SMILES string of the molecule is O=C(O)CNc1ccc(-c2csc3cnc(NC(=O)Nc4ccccc4Cl)nc23)cc1. The Morgan fingerprint density at radius 2 is 1.84 bits per heavy atom. The van der Waals surface area contributed by atoms with Crippen molar-refractivity contribution in [3.63, 3.8) is 0 Å². The Kier molecular flexibility index (Phi) is 5.96. The zero-order valence-corrected chi connectivity index (χ0v) is 17.5. The largest absolute Gasteiger partial charge is 0.480 e. The quantitative estimate of drug-likeness (QED) is 0.320. The van der Waals surface area contributed by atoms with Gasteiger partial charge in [-0.3, -0.25) is 10.1 Å². The summed E-state index contributed by atoms with van der Waals surface area (Å²) in [6.07, 6.45) is 1.66. The van der Waals surface area contributed by atoms with E-state index in [4.69, 9.17) is 16.7 Å². The standard InChI is InChI=1S/C21H16ClN5O3S/c22-15-3-1-2-4-16(15)25-21(30)27-20-24-9-17-19(26-20)14(11-31-17)12-5-7-13(8-6-12)23-10-18(28)29/h1-9,11,23H,10H2,(H,28,29)(H2,24,25,26,27,30). The molecule has 10 heteroatoms. The summed E-state index contributed by atoms with van der Waals surface area (Å²) in [5, 5.41) is 19.3. The van der Waals surface area contributed by atoms with Gasteiger partial charge in [-0.2, -0.15) is 0 Å². The van der Waals surface area contributed by atoms with Gasteiger partial charge in [0.15, 0.2) is 0 Å². The Bertz CT molecular complexity index is 1260. The lowest BCUT2D eigenvalue weighted by atomic mass is 10.1. The van der Waals surface area contributed by atoms with Gasteiger partial charge in [0.1, 0.15) is 6.54 Å². The van der Waals surface area contributed by atoms with Crippen molar-refractivity contribution in [1.29, 1.82) is 0 Å². The number of aliphatic carboxylic acids is 1. The van der Waals surface area contributed by atoms with Crippen molar-refractivity contribution in [2.24, 2.45) is 0 Å². The summed E-state index contributed by atoms with van der Waals surface area (Å²) in [6.45, 7) is -0.154. The lowest BCUT2D eigenvalue weighted by molar-refractivity contribution is -0.134. The van der Waals surface area contributed by atoms with Crippen molar-refractivity contribution in [3.05, 3.63) is 65.1 Å². The average molecular weight is 454 g/mol.